The molecule has 17 heteroatoms. The Morgan fingerprint density at radius 1 is 0.305 bits per heavy atom. The molecule has 2 aliphatic heterocycles. The Kier molecular flexibility index (Phi) is 18.8. The molecule has 1 saturated heterocycles. The van der Waals surface area contributed by atoms with Crippen LogP contribution in [0.4, 0.5) is 52.7 Å². The molecule has 4 atom stereocenters. The van der Waals surface area contributed by atoms with Gasteiger partial charge in [-0.05, 0) is 130 Å². The van der Waals surface area contributed by atoms with Crippen molar-refractivity contribution in [1.29, 1.82) is 0 Å². The quantitative estimate of drug-likeness (QED) is 0.0900. The fraction of sp³-hybridized carbons (Fsp3) is 0.359. The van der Waals surface area contributed by atoms with Crippen molar-refractivity contribution in [3.05, 3.63) is 283 Å². The molecule has 0 aromatic heterocycles. The molecular weight excluding hydrogens is 1230 g/mol. The van der Waals surface area contributed by atoms with E-state index in [2.05, 4.69) is 119 Å². The Morgan fingerprint density at radius 2 is 0.558 bits per heavy atom. The molecule has 95 heavy (non-hydrogen) atoms. The van der Waals surface area contributed by atoms with Crippen molar-refractivity contribution in [2.24, 2.45) is 4.99 Å². The second kappa shape index (κ2) is 25.7. The third-order valence-electron chi connectivity index (χ3n) is 17.9. The van der Waals surface area contributed by atoms with E-state index in [1.54, 1.807) is 45.9 Å². The molecule has 1 fully saturated rings. The second-order valence-electron chi connectivity index (χ2n) is 29.3. The smallest absolute Gasteiger partial charge is 0.315 e. The van der Waals surface area contributed by atoms with Gasteiger partial charge in [-0.1, -0.05) is 241 Å². The van der Waals surface area contributed by atoms with Crippen LogP contribution in [0.15, 0.2) is 199 Å². The minimum absolute atomic E-state index is 0.0181. The van der Waals surface area contributed by atoms with Gasteiger partial charge in [0.05, 0.1) is 47.4 Å². The van der Waals surface area contributed by atoms with Crippen molar-refractivity contribution in [2.75, 3.05) is 0 Å². The van der Waals surface area contributed by atoms with Crippen LogP contribution in [-0.2, 0) is 72.5 Å². The first-order valence-electron chi connectivity index (χ1n) is 31.7. The first kappa shape index (κ1) is 69.5. The van der Waals surface area contributed by atoms with Crippen LogP contribution in [0.3, 0.4) is 0 Å². The molecule has 0 radical (unpaired) electrons. The Morgan fingerprint density at radius 3 is 0.853 bits per heavy atom. The zero-order valence-corrected chi connectivity index (χ0v) is 55.4. The Balaban J connectivity index is 1.41. The molecule has 2 aliphatic rings. The summed E-state index contributed by atoms with van der Waals surface area (Å²) in [5.41, 5.74) is -0.533. The second-order valence-corrected chi connectivity index (χ2v) is 29.3. The SMILES string of the molecule is CC(C)(C)c1cc(CN2C(/N=C3\N(Cc4cc(C(C)(C)C)cc(C(C)(C)C)c4)[C@@H](c4ccccc4)[C@H](c4ccccc4)N3Cc3cc(C(F)(F)F)cc(C(F)(F)F)c3)=[N+](Cc3cc(C(F)(F)F)cc(C(F)(F)F)c3)[C@@H](c3ccccc3)[C@@H]2c2ccccc2)cc(C(C)(C)C)c1. The number of aliphatic imine (C=N–C) groups is 1. The lowest BCUT2D eigenvalue weighted by molar-refractivity contribution is -0.583. The fourth-order valence-corrected chi connectivity index (χ4v) is 12.9. The van der Waals surface area contributed by atoms with E-state index in [1.807, 2.05) is 94.7 Å². The van der Waals surface area contributed by atoms with Crippen LogP contribution >= 0.6 is 0 Å². The predicted octanol–water partition coefficient (Wildman–Crippen LogP) is 21.7. The van der Waals surface area contributed by atoms with Gasteiger partial charge < -0.3 is 9.80 Å². The summed E-state index contributed by atoms with van der Waals surface area (Å²) in [5, 5.41) is 0. The summed E-state index contributed by atoms with van der Waals surface area (Å²) in [4.78, 5) is 11.6. The highest BCUT2D eigenvalue weighted by molar-refractivity contribution is 5.95. The zero-order valence-electron chi connectivity index (χ0n) is 55.4. The molecule has 0 aliphatic carbocycles. The summed E-state index contributed by atoms with van der Waals surface area (Å²) in [6, 6.07) is 48.6. The van der Waals surface area contributed by atoms with E-state index in [4.69, 9.17) is 4.99 Å². The molecule has 0 bridgehead atoms. The van der Waals surface area contributed by atoms with Crippen molar-refractivity contribution in [3.8, 4) is 0 Å². The van der Waals surface area contributed by atoms with Gasteiger partial charge in [-0.25, -0.2) is 9.48 Å². The fourth-order valence-electron chi connectivity index (χ4n) is 12.9. The maximum absolute atomic E-state index is 15.2. The molecule has 5 nitrogen and oxygen atoms in total. The number of alkyl halides is 12. The van der Waals surface area contributed by atoms with Gasteiger partial charge in [0, 0.05) is 13.1 Å². The molecule has 8 aromatic carbocycles. The standard InChI is InChI=1S/C78H80F12N5/c1-71(2,3)57-33-49(34-58(41-57)72(4,5)6)45-92-65(53-25-17-13-18-26-53)67(55-29-21-15-22-30-55)94(47-51-37-61(75(79,80)81)43-62(38-51)76(82,83)84)69(92)91-70-93(46-50-35-59(73(7,8)9)42-60(36-50)74(10,11)12)66(54-27-19-14-20-28-54)68(56-31-23-16-24-32-56)95(70)48-52-39-63(77(85,86)87)44-64(40-52)78(88,89)90/h13-44,65-68H,45-48H2,1-12H3/q+1/t65-,66-,67-,68-/m0/s1. The van der Waals surface area contributed by atoms with Crippen LogP contribution in [-0.4, -0.2) is 31.2 Å². The Hall–Kier alpha value is -8.34. The molecule has 0 spiro atoms. The number of hydrogen-bond acceptors (Lipinski definition) is 2. The maximum atomic E-state index is 15.2. The predicted molar refractivity (Wildman–Crippen MR) is 350 cm³/mol. The first-order chi connectivity index (χ1) is 44.1. The normalized spacial score (nSPS) is 18.4. The van der Waals surface area contributed by atoms with Crippen molar-refractivity contribution in [3.63, 3.8) is 0 Å². The van der Waals surface area contributed by atoms with E-state index in [-0.39, 0.29) is 48.3 Å². The minimum atomic E-state index is -5.23. The molecule has 2 heterocycles. The number of halogens is 12. The summed E-state index contributed by atoms with van der Waals surface area (Å²) < 4.78 is 184. The molecule has 8 aromatic rings. The Labute approximate surface area is 549 Å². The minimum Gasteiger partial charge on any atom is -0.315 e. The summed E-state index contributed by atoms with van der Waals surface area (Å²) >= 11 is 0. The molecule has 0 amide bonds. The maximum Gasteiger partial charge on any atom is 0.416 e. The third kappa shape index (κ3) is 15.7. The van der Waals surface area contributed by atoms with Gasteiger partial charge in [0.1, 0.15) is 12.1 Å². The molecular formula is C78H80F12N5+. The van der Waals surface area contributed by atoms with E-state index < -0.39 is 106 Å². The third-order valence-corrected chi connectivity index (χ3v) is 17.9. The molecule has 0 saturated carbocycles. The van der Waals surface area contributed by atoms with Crippen molar-refractivity contribution >= 4 is 11.9 Å². The van der Waals surface area contributed by atoms with E-state index in [9.17, 15) is 0 Å². The molecule has 0 N–H and O–H groups in total. The zero-order chi connectivity index (χ0) is 69.2. The summed E-state index contributed by atoms with van der Waals surface area (Å²) in [6.45, 7) is 23.8. The average Bonchev–Trinajstić information content (AvgIpc) is 1.57. The number of rotatable bonds is 12. The number of benzene rings is 8. The van der Waals surface area contributed by atoms with Gasteiger partial charge in [0.2, 0.25) is 0 Å². The van der Waals surface area contributed by atoms with Crippen LogP contribution in [0.2, 0.25) is 0 Å². The van der Waals surface area contributed by atoms with Crippen LogP contribution in [0, 0.1) is 0 Å². The van der Waals surface area contributed by atoms with Gasteiger partial charge in [-0.2, -0.15) is 52.7 Å². The highest BCUT2D eigenvalue weighted by atomic mass is 19.4. The Bertz CT molecular complexity index is 3830. The highest BCUT2D eigenvalue weighted by Gasteiger charge is 2.54. The summed E-state index contributed by atoms with van der Waals surface area (Å²) in [6.07, 6.45) is -20.9. The van der Waals surface area contributed by atoms with Crippen LogP contribution in [0.5, 0.6) is 0 Å². The van der Waals surface area contributed by atoms with Gasteiger partial charge >= 0.3 is 30.7 Å². The number of hydrogen-bond donors (Lipinski definition) is 0. The molecule has 0 unspecified atom stereocenters. The summed E-state index contributed by atoms with van der Waals surface area (Å²) in [5.74, 6) is 0.0861. The highest BCUT2D eigenvalue weighted by Crippen LogP contribution is 2.51. The lowest BCUT2D eigenvalue weighted by atomic mass is 9.79. The average molecular weight is 1320 g/mol. The van der Waals surface area contributed by atoms with Crippen LogP contribution in [0.25, 0.3) is 0 Å². The number of nitrogens with zero attached hydrogens (tertiary/aromatic N) is 5. The van der Waals surface area contributed by atoms with Gasteiger partial charge in [0.15, 0.2) is 0 Å². The molecule has 10 rings (SSSR count). The largest absolute Gasteiger partial charge is 0.416 e. The van der Waals surface area contributed by atoms with Crippen molar-refractivity contribution in [1.82, 2.24) is 14.7 Å². The van der Waals surface area contributed by atoms with Gasteiger partial charge in [-0.15, -0.1) is 0 Å². The molecule has 500 valence electrons. The van der Waals surface area contributed by atoms with Crippen LogP contribution in [0.1, 0.15) is 196 Å². The van der Waals surface area contributed by atoms with E-state index >= 15 is 52.7 Å². The van der Waals surface area contributed by atoms with Crippen molar-refractivity contribution in [2.45, 2.75) is 180 Å². The number of guanidine groups is 2. The monoisotopic (exact) mass is 1310 g/mol. The first-order valence-corrected chi connectivity index (χ1v) is 31.7. The van der Waals surface area contributed by atoms with E-state index in [0.717, 1.165) is 33.4 Å². The topological polar surface area (TPSA) is 25.1 Å². The summed E-state index contributed by atoms with van der Waals surface area (Å²) in [7, 11) is 0. The lowest BCUT2D eigenvalue weighted by Gasteiger charge is -2.30. The van der Waals surface area contributed by atoms with Gasteiger partial charge in [0.25, 0.3) is 5.96 Å². The van der Waals surface area contributed by atoms with E-state index in [1.165, 1.54) is 0 Å². The van der Waals surface area contributed by atoms with Crippen LogP contribution < -0.4 is 0 Å². The van der Waals surface area contributed by atoms with E-state index in [0.29, 0.717) is 46.5 Å². The lowest BCUT2D eigenvalue weighted by Crippen LogP contribution is -2.38. The van der Waals surface area contributed by atoms with Crippen molar-refractivity contribution < 1.29 is 57.3 Å². The van der Waals surface area contributed by atoms with Gasteiger partial charge in [-0.3, -0.25) is 0 Å².